The van der Waals surface area contributed by atoms with Crippen molar-refractivity contribution in [1.29, 1.82) is 0 Å². The summed E-state index contributed by atoms with van der Waals surface area (Å²) < 4.78 is 39.8. The molecule has 0 bridgehead atoms. The van der Waals surface area contributed by atoms with Crippen LogP contribution in [0.5, 0.6) is 0 Å². The first-order valence-corrected chi connectivity index (χ1v) is 9.03. The fraction of sp³-hybridized carbons (Fsp3) is 0.500. The number of nitrogens with one attached hydrogen (secondary N) is 2. The Morgan fingerprint density at radius 1 is 1.28 bits per heavy atom. The number of benzene rings is 1. The van der Waals surface area contributed by atoms with Crippen LogP contribution in [0, 0.1) is 0 Å². The number of nitrogens with zero attached hydrogens (tertiary/aromatic N) is 5. The summed E-state index contributed by atoms with van der Waals surface area (Å²) in [5.41, 5.74) is 0.258. The summed E-state index contributed by atoms with van der Waals surface area (Å²) in [7, 11) is 3.59. The van der Waals surface area contributed by atoms with Gasteiger partial charge in [-0.1, -0.05) is 12.1 Å². The Balaban J connectivity index is 0.00000300. The number of guanidine groups is 1. The van der Waals surface area contributed by atoms with Crippen LogP contribution in [0.4, 0.5) is 13.2 Å². The molecule has 1 unspecified atom stereocenters. The number of likely N-dealkylation sites (tertiary alicyclic amines) is 1. The van der Waals surface area contributed by atoms with Crippen molar-refractivity contribution in [2.24, 2.45) is 12.0 Å². The van der Waals surface area contributed by atoms with Gasteiger partial charge >= 0.3 is 6.18 Å². The molecule has 0 radical (unpaired) electrons. The van der Waals surface area contributed by atoms with Gasteiger partial charge in [0, 0.05) is 39.8 Å². The molecule has 1 aromatic carbocycles. The lowest BCUT2D eigenvalue weighted by Gasteiger charge is -2.19. The zero-order chi connectivity index (χ0) is 20.1. The SMILES string of the molecule is CN=C(NCc1nncn1C)NC1CCN(Cc2ccc(C(F)(F)F)cc2)C1.I. The lowest BCUT2D eigenvalue weighted by Crippen LogP contribution is -2.44. The van der Waals surface area contributed by atoms with Crippen LogP contribution in [0.2, 0.25) is 0 Å². The molecule has 29 heavy (non-hydrogen) atoms. The van der Waals surface area contributed by atoms with Crippen LogP contribution in [0.25, 0.3) is 0 Å². The van der Waals surface area contributed by atoms with Crippen LogP contribution in [0.15, 0.2) is 35.6 Å². The zero-order valence-electron chi connectivity index (χ0n) is 16.3. The Morgan fingerprint density at radius 3 is 2.59 bits per heavy atom. The van der Waals surface area contributed by atoms with E-state index in [4.69, 9.17) is 0 Å². The molecule has 1 fully saturated rings. The molecule has 3 rings (SSSR count). The van der Waals surface area contributed by atoms with Gasteiger partial charge in [-0.2, -0.15) is 13.2 Å². The minimum atomic E-state index is -4.30. The molecule has 1 aliphatic heterocycles. The highest BCUT2D eigenvalue weighted by molar-refractivity contribution is 14.0. The Labute approximate surface area is 184 Å². The topological polar surface area (TPSA) is 70.4 Å². The quantitative estimate of drug-likeness (QED) is 0.358. The number of halogens is 4. The Morgan fingerprint density at radius 2 is 2.00 bits per heavy atom. The van der Waals surface area contributed by atoms with Gasteiger partial charge in [0.15, 0.2) is 11.8 Å². The van der Waals surface area contributed by atoms with Gasteiger partial charge in [-0.3, -0.25) is 9.89 Å². The third-order valence-corrected chi connectivity index (χ3v) is 4.74. The molecule has 2 heterocycles. The average Bonchev–Trinajstić information content (AvgIpc) is 3.27. The van der Waals surface area contributed by atoms with Crippen molar-refractivity contribution < 1.29 is 13.2 Å². The average molecular weight is 523 g/mol. The minimum absolute atomic E-state index is 0. The normalized spacial score (nSPS) is 17.8. The van der Waals surface area contributed by atoms with E-state index in [-0.39, 0.29) is 30.0 Å². The van der Waals surface area contributed by atoms with Crippen molar-refractivity contribution in [3.8, 4) is 0 Å². The molecule has 11 heteroatoms. The summed E-state index contributed by atoms with van der Waals surface area (Å²) in [6, 6.07) is 5.59. The first-order valence-electron chi connectivity index (χ1n) is 9.03. The molecule has 1 saturated heterocycles. The molecular weight excluding hydrogens is 498 g/mol. The lowest BCUT2D eigenvalue weighted by atomic mass is 10.1. The molecule has 1 atom stereocenters. The maximum absolute atomic E-state index is 12.7. The molecule has 1 aliphatic rings. The maximum Gasteiger partial charge on any atom is 0.416 e. The Hall–Kier alpha value is -1.89. The van der Waals surface area contributed by atoms with Crippen molar-refractivity contribution in [1.82, 2.24) is 30.3 Å². The third kappa shape index (κ3) is 6.56. The Bertz CT molecular complexity index is 805. The van der Waals surface area contributed by atoms with Crippen LogP contribution in [0.1, 0.15) is 23.4 Å². The largest absolute Gasteiger partial charge is 0.416 e. The van der Waals surface area contributed by atoms with Crippen LogP contribution in [-0.4, -0.2) is 51.8 Å². The number of hydrogen-bond donors (Lipinski definition) is 2. The summed E-state index contributed by atoms with van der Waals surface area (Å²) >= 11 is 0. The highest BCUT2D eigenvalue weighted by Crippen LogP contribution is 2.29. The highest BCUT2D eigenvalue weighted by atomic mass is 127. The predicted molar refractivity (Wildman–Crippen MR) is 115 cm³/mol. The lowest BCUT2D eigenvalue weighted by molar-refractivity contribution is -0.137. The van der Waals surface area contributed by atoms with Gasteiger partial charge in [0.25, 0.3) is 0 Å². The van der Waals surface area contributed by atoms with E-state index < -0.39 is 11.7 Å². The van der Waals surface area contributed by atoms with E-state index in [1.807, 2.05) is 11.6 Å². The molecular formula is C18H25F3IN7. The molecule has 1 aromatic heterocycles. The molecule has 0 saturated carbocycles. The molecule has 7 nitrogen and oxygen atoms in total. The van der Waals surface area contributed by atoms with Crippen molar-refractivity contribution in [2.45, 2.75) is 31.7 Å². The van der Waals surface area contributed by atoms with Crippen molar-refractivity contribution in [3.63, 3.8) is 0 Å². The van der Waals surface area contributed by atoms with E-state index in [1.165, 1.54) is 0 Å². The summed E-state index contributed by atoms with van der Waals surface area (Å²) in [4.78, 5) is 6.45. The molecule has 160 valence electrons. The third-order valence-electron chi connectivity index (χ3n) is 4.74. The Kier molecular flexibility index (Phi) is 8.25. The van der Waals surface area contributed by atoms with Crippen molar-refractivity contribution in [3.05, 3.63) is 47.5 Å². The van der Waals surface area contributed by atoms with Gasteiger partial charge in [0.2, 0.25) is 0 Å². The first kappa shape index (κ1) is 23.4. The van der Waals surface area contributed by atoms with Gasteiger partial charge in [-0.25, -0.2) is 0 Å². The molecule has 0 aliphatic carbocycles. The number of aliphatic imine (C=N–C) groups is 1. The minimum Gasteiger partial charge on any atom is -0.352 e. The number of aromatic nitrogens is 3. The van der Waals surface area contributed by atoms with Gasteiger partial charge in [0.05, 0.1) is 12.1 Å². The van der Waals surface area contributed by atoms with E-state index in [1.54, 1.807) is 25.5 Å². The van der Waals surface area contributed by atoms with Crippen molar-refractivity contribution >= 4 is 29.9 Å². The van der Waals surface area contributed by atoms with E-state index in [0.29, 0.717) is 19.0 Å². The van der Waals surface area contributed by atoms with E-state index in [9.17, 15) is 13.2 Å². The number of alkyl halides is 3. The van der Waals surface area contributed by atoms with Gasteiger partial charge in [-0.05, 0) is 24.1 Å². The van der Waals surface area contributed by atoms with Crippen LogP contribution in [-0.2, 0) is 26.3 Å². The van der Waals surface area contributed by atoms with E-state index in [0.717, 1.165) is 43.0 Å². The van der Waals surface area contributed by atoms with Crippen LogP contribution in [0.3, 0.4) is 0 Å². The first-order chi connectivity index (χ1) is 13.3. The van der Waals surface area contributed by atoms with Crippen LogP contribution < -0.4 is 10.6 Å². The van der Waals surface area contributed by atoms with Gasteiger partial charge < -0.3 is 15.2 Å². The van der Waals surface area contributed by atoms with Crippen molar-refractivity contribution in [2.75, 3.05) is 20.1 Å². The monoisotopic (exact) mass is 523 g/mol. The fourth-order valence-corrected chi connectivity index (χ4v) is 3.17. The predicted octanol–water partition coefficient (Wildman–Crippen LogP) is 2.39. The molecule has 0 spiro atoms. The number of aryl methyl sites for hydroxylation is 1. The molecule has 2 N–H and O–H groups in total. The van der Waals surface area contributed by atoms with Gasteiger partial charge in [0.1, 0.15) is 6.33 Å². The summed E-state index contributed by atoms with van der Waals surface area (Å²) in [6.45, 7) is 2.81. The molecule has 0 amide bonds. The second-order valence-electron chi connectivity index (χ2n) is 6.84. The van der Waals surface area contributed by atoms with E-state index >= 15 is 0 Å². The number of rotatable bonds is 5. The standard InChI is InChI=1S/C18H24F3N7.HI/c1-22-17(23-9-16-26-24-12-27(16)2)25-15-7-8-28(11-15)10-13-3-5-14(6-4-13)18(19,20)21;/h3-6,12,15H,7-11H2,1-2H3,(H2,22,23,25);1H. The van der Waals surface area contributed by atoms with E-state index in [2.05, 4.69) is 30.7 Å². The fourth-order valence-electron chi connectivity index (χ4n) is 3.17. The van der Waals surface area contributed by atoms with Gasteiger partial charge in [-0.15, -0.1) is 34.2 Å². The second-order valence-corrected chi connectivity index (χ2v) is 6.84. The molecule has 2 aromatic rings. The highest BCUT2D eigenvalue weighted by Gasteiger charge is 2.30. The second kappa shape index (κ2) is 10.2. The zero-order valence-corrected chi connectivity index (χ0v) is 18.6. The maximum atomic E-state index is 12.7. The summed E-state index contributed by atoms with van der Waals surface area (Å²) in [5.74, 6) is 1.49. The summed E-state index contributed by atoms with van der Waals surface area (Å²) in [6.07, 6.45) is -1.72. The number of hydrogen-bond acceptors (Lipinski definition) is 4. The van der Waals surface area contributed by atoms with Crippen LogP contribution >= 0.6 is 24.0 Å². The smallest absolute Gasteiger partial charge is 0.352 e. The summed E-state index contributed by atoms with van der Waals surface area (Å²) in [5, 5.41) is 14.5.